The fraction of sp³-hybridized carbons (Fsp3) is 0.318. The Balaban J connectivity index is 1.54. The van der Waals surface area contributed by atoms with Crippen LogP contribution in [0.1, 0.15) is 22.5 Å². The van der Waals surface area contributed by atoms with E-state index in [1.165, 1.54) is 43.7 Å². The van der Waals surface area contributed by atoms with Crippen LogP contribution in [0.25, 0.3) is 0 Å². The highest BCUT2D eigenvalue weighted by atomic mass is 32.2. The molecular formula is C22H27N5O3S2. The molecule has 0 saturated carbocycles. The van der Waals surface area contributed by atoms with Gasteiger partial charge < -0.3 is 5.32 Å². The Kier molecular flexibility index (Phi) is 7.70. The van der Waals surface area contributed by atoms with E-state index >= 15 is 0 Å². The summed E-state index contributed by atoms with van der Waals surface area (Å²) in [5.41, 5.74) is 4.10. The van der Waals surface area contributed by atoms with Gasteiger partial charge in [0.1, 0.15) is 4.90 Å². The van der Waals surface area contributed by atoms with E-state index in [4.69, 9.17) is 0 Å². The van der Waals surface area contributed by atoms with Crippen molar-refractivity contribution in [3.05, 3.63) is 71.2 Å². The summed E-state index contributed by atoms with van der Waals surface area (Å²) in [6.45, 7) is 5.03. The summed E-state index contributed by atoms with van der Waals surface area (Å²) in [5.74, 6) is 0.0552. The second-order valence-electron chi connectivity index (χ2n) is 7.48. The Morgan fingerprint density at radius 2 is 1.84 bits per heavy atom. The van der Waals surface area contributed by atoms with E-state index in [1.807, 2.05) is 36.7 Å². The Morgan fingerprint density at radius 3 is 2.47 bits per heavy atom. The lowest BCUT2D eigenvalue weighted by molar-refractivity contribution is -0.118. The zero-order chi connectivity index (χ0) is 23.3. The molecule has 0 radical (unpaired) electrons. The first kappa shape index (κ1) is 24.0. The number of benzene rings is 1. The largest absolute Gasteiger partial charge is 0.351 e. The van der Waals surface area contributed by atoms with Crippen LogP contribution >= 0.6 is 11.8 Å². The second-order valence-corrected chi connectivity index (χ2v) is 10.6. The molecule has 0 aliphatic carbocycles. The highest BCUT2D eigenvalue weighted by molar-refractivity contribution is 7.99. The normalized spacial score (nSPS) is 11.7. The molecule has 0 spiro atoms. The number of pyridine rings is 1. The van der Waals surface area contributed by atoms with Crippen molar-refractivity contribution in [3.63, 3.8) is 0 Å². The van der Waals surface area contributed by atoms with Crippen LogP contribution in [0.5, 0.6) is 0 Å². The van der Waals surface area contributed by atoms with Gasteiger partial charge in [-0.25, -0.2) is 17.7 Å². The van der Waals surface area contributed by atoms with E-state index in [9.17, 15) is 13.2 Å². The minimum atomic E-state index is -3.52. The maximum Gasteiger partial charge on any atom is 0.244 e. The van der Waals surface area contributed by atoms with Crippen LogP contribution in [0.4, 0.5) is 0 Å². The predicted molar refractivity (Wildman–Crippen MR) is 125 cm³/mol. The Morgan fingerprint density at radius 1 is 1.12 bits per heavy atom. The molecule has 170 valence electrons. The molecule has 0 aliphatic heterocycles. The van der Waals surface area contributed by atoms with E-state index in [-0.39, 0.29) is 16.6 Å². The summed E-state index contributed by atoms with van der Waals surface area (Å²) in [7, 11) is -0.577. The fourth-order valence-corrected chi connectivity index (χ4v) is 4.61. The van der Waals surface area contributed by atoms with Crippen molar-refractivity contribution in [1.82, 2.24) is 24.4 Å². The number of hydrogen-bond acceptors (Lipinski definition) is 6. The van der Waals surface area contributed by atoms with Crippen molar-refractivity contribution in [1.29, 1.82) is 0 Å². The third-order valence-corrected chi connectivity index (χ3v) is 7.75. The van der Waals surface area contributed by atoms with Crippen LogP contribution in [-0.2, 0) is 27.9 Å². The average Bonchev–Trinajstić information content (AvgIpc) is 3.04. The lowest BCUT2D eigenvalue weighted by atomic mass is 10.2. The van der Waals surface area contributed by atoms with Crippen molar-refractivity contribution in [2.24, 2.45) is 0 Å². The number of carbonyl (C=O) groups is 1. The number of hydrogen-bond donors (Lipinski definition) is 1. The number of rotatable bonds is 9. The van der Waals surface area contributed by atoms with Gasteiger partial charge in [0.15, 0.2) is 0 Å². The molecule has 1 N–H and O–H groups in total. The highest BCUT2D eigenvalue weighted by Crippen LogP contribution is 2.19. The number of nitrogens with zero attached hydrogens (tertiary/aromatic N) is 4. The molecule has 0 unspecified atom stereocenters. The van der Waals surface area contributed by atoms with Crippen LogP contribution < -0.4 is 5.32 Å². The van der Waals surface area contributed by atoms with Gasteiger partial charge in [0.05, 0.1) is 23.0 Å². The molecule has 32 heavy (non-hydrogen) atoms. The zero-order valence-electron chi connectivity index (χ0n) is 18.6. The van der Waals surface area contributed by atoms with E-state index in [0.29, 0.717) is 18.1 Å². The monoisotopic (exact) mass is 473 g/mol. The molecule has 3 rings (SSSR count). The fourth-order valence-electron chi connectivity index (χ4n) is 3.09. The molecule has 0 atom stereocenters. The molecule has 8 nitrogen and oxygen atoms in total. The van der Waals surface area contributed by atoms with Crippen molar-refractivity contribution in [2.75, 3.05) is 19.8 Å². The van der Waals surface area contributed by atoms with Gasteiger partial charge in [0.25, 0.3) is 0 Å². The molecule has 0 aliphatic rings. The standard InChI is InChI=1S/C22H27N5O3S2/c1-16-20(17(2)27(25-16)14-18-8-6-5-7-9-18)13-23-21(28)15-31-22-11-10-19(12-24-22)32(29,30)26(3)4/h5-12H,13-15H2,1-4H3,(H,23,28). The molecule has 0 bridgehead atoms. The minimum Gasteiger partial charge on any atom is -0.351 e. The minimum absolute atomic E-state index is 0.120. The van der Waals surface area contributed by atoms with E-state index in [0.717, 1.165) is 21.3 Å². The van der Waals surface area contributed by atoms with E-state index < -0.39 is 10.0 Å². The summed E-state index contributed by atoms with van der Waals surface area (Å²) in [5, 5.41) is 8.13. The lowest BCUT2D eigenvalue weighted by Crippen LogP contribution is -2.25. The van der Waals surface area contributed by atoms with Gasteiger partial charge in [0, 0.05) is 38.1 Å². The number of carbonyl (C=O) groups excluding carboxylic acids is 1. The first-order valence-corrected chi connectivity index (χ1v) is 12.5. The zero-order valence-corrected chi connectivity index (χ0v) is 20.2. The molecule has 0 saturated heterocycles. The number of nitrogens with one attached hydrogen (secondary N) is 1. The first-order chi connectivity index (χ1) is 15.2. The first-order valence-electron chi connectivity index (χ1n) is 10.0. The summed E-state index contributed by atoms with van der Waals surface area (Å²) in [6, 6.07) is 13.2. The molecule has 10 heteroatoms. The SMILES string of the molecule is Cc1nn(Cc2ccccc2)c(C)c1CNC(=O)CSc1ccc(S(=O)(=O)N(C)C)cn1. The van der Waals surface area contributed by atoms with E-state index in [1.54, 1.807) is 6.07 Å². The smallest absolute Gasteiger partial charge is 0.244 e. The van der Waals surface area contributed by atoms with Gasteiger partial charge in [-0.05, 0) is 31.5 Å². The van der Waals surface area contributed by atoms with Crippen LogP contribution in [0, 0.1) is 13.8 Å². The van der Waals surface area contributed by atoms with Crippen molar-refractivity contribution >= 4 is 27.7 Å². The number of aryl methyl sites for hydroxylation is 1. The number of aromatic nitrogens is 3. The number of thioether (sulfide) groups is 1. The molecular weight excluding hydrogens is 446 g/mol. The van der Waals surface area contributed by atoms with Crippen LogP contribution in [-0.4, -0.2) is 53.2 Å². The van der Waals surface area contributed by atoms with Crippen molar-refractivity contribution in [3.8, 4) is 0 Å². The summed E-state index contributed by atoms with van der Waals surface area (Å²) in [4.78, 5) is 16.6. The van der Waals surface area contributed by atoms with E-state index in [2.05, 4.69) is 27.5 Å². The van der Waals surface area contributed by atoms with Crippen molar-refractivity contribution < 1.29 is 13.2 Å². The van der Waals surface area contributed by atoms with Gasteiger partial charge in [-0.2, -0.15) is 5.10 Å². The van der Waals surface area contributed by atoms with Gasteiger partial charge in [-0.3, -0.25) is 9.48 Å². The summed E-state index contributed by atoms with van der Waals surface area (Å²) >= 11 is 1.25. The van der Waals surface area contributed by atoms with Crippen molar-refractivity contribution in [2.45, 2.75) is 36.9 Å². The molecule has 1 amide bonds. The molecule has 2 heterocycles. The maximum absolute atomic E-state index is 12.3. The van der Waals surface area contributed by atoms with Gasteiger partial charge >= 0.3 is 0 Å². The number of sulfonamides is 1. The predicted octanol–water partition coefficient (Wildman–Crippen LogP) is 2.60. The summed E-state index contributed by atoms with van der Waals surface area (Å²) in [6.07, 6.45) is 1.31. The summed E-state index contributed by atoms with van der Waals surface area (Å²) < 4.78 is 27.3. The van der Waals surface area contributed by atoms with Gasteiger partial charge in [-0.15, -0.1) is 0 Å². The topological polar surface area (TPSA) is 97.2 Å². The lowest BCUT2D eigenvalue weighted by Gasteiger charge is -2.11. The third kappa shape index (κ3) is 5.76. The number of amides is 1. The Bertz CT molecular complexity index is 1170. The molecule has 2 aromatic heterocycles. The Labute approximate surface area is 193 Å². The van der Waals surface area contributed by atoms with Crippen LogP contribution in [0.3, 0.4) is 0 Å². The van der Waals surface area contributed by atoms with Gasteiger partial charge in [0.2, 0.25) is 15.9 Å². The molecule has 0 fully saturated rings. The highest BCUT2D eigenvalue weighted by Gasteiger charge is 2.18. The molecule has 1 aromatic carbocycles. The maximum atomic E-state index is 12.3. The third-order valence-electron chi connectivity index (χ3n) is 5.01. The van der Waals surface area contributed by atoms with Crippen LogP contribution in [0.2, 0.25) is 0 Å². The molecule has 3 aromatic rings. The Hall–Kier alpha value is -2.69. The van der Waals surface area contributed by atoms with Crippen LogP contribution in [0.15, 0.2) is 58.6 Å². The quantitative estimate of drug-likeness (QED) is 0.480. The average molecular weight is 474 g/mol. The second kappa shape index (κ2) is 10.3. The van der Waals surface area contributed by atoms with Gasteiger partial charge in [-0.1, -0.05) is 42.1 Å².